The van der Waals surface area contributed by atoms with Gasteiger partial charge in [-0.25, -0.2) is 0 Å². The molecule has 0 fully saturated rings. The summed E-state index contributed by atoms with van der Waals surface area (Å²) < 4.78 is 0. The molecule has 0 radical (unpaired) electrons. The van der Waals surface area contributed by atoms with E-state index in [4.69, 9.17) is 11.5 Å². The first kappa shape index (κ1) is 34.6. The fourth-order valence-electron chi connectivity index (χ4n) is 4.91. The predicted octanol–water partition coefficient (Wildman–Crippen LogP) is 9.92. The van der Waals surface area contributed by atoms with Crippen LogP contribution in [0.15, 0.2) is 114 Å². The average Bonchev–Trinajstić information content (AvgIpc) is 3.60. The number of benzene rings is 3. The number of allylic oxidation sites excluding steroid dienone is 6. The zero-order valence-electron chi connectivity index (χ0n) is 27.2. The minimum Gasteiger partial charge on any atom is -0.405 e. The highest BCUT2D eigenvalue weighted by Gasteiger charge is 2.19. The van der Waals surface area contributed by atoms with Gasteiger partial charge in [0.2, 0.25) is 0 Å². The van der Waals surface area contributed by atoms with E-state index in [1.54, 1.807) is 6.20 Å². The van der Waals surface area contributed by atoms with Crippen molar-refractivity contribution in [3.63, 3.8) is 0 Å². The Hall–Kier alpha value is -3.62. The molecule has 2 aliphatic carbocycles. The van der Waals surface area contributed by atoms with Gasteiger partial charge in [-0.1, -0.05) is 138 Å². The maximum atomic E-state index is 5.98. The van der Waals surface area contributed by atoms with Crippen LogP contribution in [0.1, 0.15) is 76.3 Å². The number of nitrogens with two attached hydrogens (primary N) is 2. The van der Waals surface area contributed by atoms with Gasteiger partial charge in [-0.15, -0.1) is 0 Å². The molecule has 0 saturated carbocycles. The first-order chi connectivity index (χ1) is 20.2. The molecule has 0 aliphatic heterocycles. The van der Waals surface area contributed by atoms with Gasteiger partial charge in [0.05, 0.1) is 0 Å². The highest BCUT2D eigenvalue weighted by molar-refractivity contribution is 5.68. The second kappa shape index (κ2) is 18.0. The van der Waals surface area contributed by atoms with Gasteiger partial charge in [-0.2, -0.15) is 0 Å². The van der Waals surface area contributed by atoms with Gasteiger partial charge in [0.25, 0.3) is 0 Å². The molecule has 2 nitrogen and oxygen atoms in total. The van der Waals surface area contributed by atoms with Gasteiger partial charge in [0.1, 0.15) is 0 Å². The molecule has 42 heavy (non-hydrogen) atoms. The molecule has 0 unspecified atom stereocenters. The molecule has 3 aromatic rings. The molecule has 0 atom stereocenters. The third kappa shape index (κ3) is 10.7. The Morgan fingerprint density at radius 3 is 1.81 bits per heavy atom. The Kier molecular flexibility index (Phi) is 14.8. The summed E-state index contributed by atoms with van der Waals surface area (Å²) in [6.07, 6.45) is 12.0. The summed E-state index contributed by atoms with van der Waals surface area (Å²) >= 11 is 0. The molecule has 0 spiro atoms. The molecule has 2 heteroatoms. The van der Waals surface area contributed by atoms with Crippen molar-refractivity contribution in [2.75, 3.05) is 0 Å². The van der Waals surface area contributed by atoms with Crippen molar-refractivity contribution < 1.29 is 0 Å². The second-order valence-corrected chi connectivity index (χ2v) is 11.7. The third-order valence-electron chi connectivity index (χ3n) is 7.76. The topological polar surface area (TPSA) is 52.0 Å². The van der Waals surface area contributed by atoms with Crippen LogP contribution in [0, 0.1) is 11.8 Å². The maximum absolute atomic E-state index is 5.98. The Morgan fingerprint density at radius 1 is 0.762 bits per heavy atom. The van der Waals surface area contributed by atoms with Crippen LogP contribution in [0.5, 0.6) is 0 Å². The Morgan fingerprint density at radius 2 is 1.31 bits per heavy atom. The summed E-state index contributed by atoms with van der Waals surface area (Å²) in [7, 11) is 0. The van der Waals surface area contributed by atoms with Crippen molar-refractivity contribution in [1.82, 2.24) is 0 Å². The van der Waals surface area contributed by atoms with Gasteiger partial charge in [-0.3, -0.25) is 0 Å². The minimum atomic E-state index is 0.601. The second-order valence-electron chi connectivity index (χ2n) is 11.7. The molecule has 5 rings (SSSR count). The third-order valence-corrected chi connectivity index (χ3v) is 7.76. The molecule has 3 aromatic carbocycles. The fraction of sp³-hybridized carbons (Fsp3) is 0.350. The summed E-state index contributed by atoms with van der Waals surface area (Å²) in [6.45, 7) is 19.6. The molecule has 0 aromatic heterocycles. The summed E-state index contributed by atoms with van der Waals surface area (Å²) in [5, 5.41) is 0. The number of hydrogen-bond acceptors (Lipinski definition) is 2. The minimum absolute atomic E-state index is 0.601. The fourth-order valence-corrected chi connectivity index (χ4v) is 4.91. The van der Waals surface area contributed by atoms with Crippen molar-refractivity contribution in [2.45, 2.75) is 80.7 Å². The van der Waals surface area contributed by atoms with Gasteiger partial charge >= 0.3 is 0 Å². The smallest absolute Gasteiger partial charge is 0.0181 e. The molecule has 0 saturated heterocycles. The lowest BCUT2D eigenvalue weighted by atomic mass is 9.96. The molecule has 0 bridgehead atoms. The quantitative estimate of drug-likeness (QED) is 0.325. The van der Waals surface area contributed by atoms with E-state index >= 15 is 0 Å². The molecule has 0 amide bonds. The molecule has 4 N–H and O–H groups in total. The van der Waals surface area contributed by atoms with Crippen LogP contribution in [0.3, 0.4) is 0 Å². The summed E-state index contributed by atoms with van der Waals surface area (Å²) in [5.41, 5.74) is 24.8. The van der Waals surface area contributed by atoms with Crippen LogP contribution >= 0.6 is 0 Å². The van der Waals surface area contributed by atoms with Crippen LogP contribution < -0.4 is 11.5 Å². The Bertz CT molecular complexity index is 1320. The van der Waals surface area contributed by atoms with E-state index in [-0.39, 0.29) is 0 Å². The lowest BCUT2D eigenvalue weighted by Gasteiger charge is -2.10. The van der Waals surface area contributed by atoms with E-state index in [0.29, 0.717) is 6.54 Å². The van der Waals surface area contributed by atoms with Crippen molar-refractivity contribution >= 4 is 0 Å². The zero-order chi connectivity index (χ0) is 31.1. The van der Waals surface area contributed by atoms with Gasteiger partial charge in [0, 0.05) is 6.54 Å². The number of hydrogen-bond donors (Lipinski definition) is 2. The first-order valence-electron chi connectivity index (χ1n) is 15.6. The van der Waals surface area contributed by atoms with E-state index < -0.39 is 0 Å². The Labute approximate surface area is 257 Å². The van der Waals surface area contributed by atoms with E-state index in [0.717, 1.165) is 43.1 Å². The van der Waals surface area contributed by atoms with Gasteiger partial charge in [-0.05, 0) is 102 Å². The highest BCUT2D eigenvalue weighted by atomic mass is 14.5. The highest BCUT2D eigenvalue weighted by Crippen LogP contribution is 2.34. The SMILES string of the molecule is C=C(C)/C=C1/Cc2cc(-c3ccccc3)cc(CN)c2C1.CC.CC(C)C(C)C.N/C=C\C=C1Cc2ccccc2C1. The van der Waals surface area contributed by atoms with E-state index in [1.165, 1.54) is 50.1 Å². The monoisotopic (exact) mass is 562 g/mol. The van der Waals surface area contributed by atoms with Crippen molar-refractivity contribution in [2.24, 2.45) is 23.3 Å². The Balaban J connectivity index is 0.000000250. The predicted molar refractivity (Wildman–Crippen MR) is 186 cm³/mol. The van der Waals surface area contributed by atoms with Gasteiger partial charge < -0.3 is 11.5 Å². The summed E-state index contributed by atoms with van der Waals surface area (Å²) in [6, 6.07) is 23.7. The lowest BCUT2D eigenvalue weighted by Crippen LogP contribution is -2.02. The molecule has 0 heterocycles. The molecule has 224 valence electrons. The first-order valence-corrected chi connectivity index (χ1v) is 15.6. The summed E-state index contributed by atoms with van der Waals surface area (Å²) in [5.74, 6) is 1.70. The van der Waals surface area contributed by atoms with Crippen LogP contribution in [-0.2, 0) is 32.2 Å². The van der Waals surface area contributed by atoms with Gasteiger partial charge in [0.15, 0.2) is 0 Å². The van der Waals surface area contributed by atoms with Crippen LogP contribution in [-0.4, -0.2) is 0 Å². The average molecular weight is 563 g/mol. The number of rotatable bonds is 5. The van der Waals surface area contributed by atoms with E-state index in [9.17, 15) is 0 Å². The van der Waals surface area contributed by atoms with Crippen molar-refractivity contribution in [1.29, 1.82) is 0 Å². The molecular formula is C40H54N2. The molecule has 2 aliphatic rings. The molecular weight excluding hydrogens is 508 g/mol. The normalized spacial score (nSPS) is 14.0. The van der Waals surface area contributed by atoms with Crippen LogP contribution in [0.4, 0.5) is 0 Å². The number of fused-ring (bicyclic) bond motifs is 2. The maximum Gasteiger partial charge on any atom is 0.0181 e. The van der Waals surface area contributed by atoms with Crippen molar-refractivity contribution in [3.05, 3.63) is 142 Å². The summed E-state index contributed by atoms with van der Waals surface area (Å²) in [4.78, 5) is 0. The van der Waals surface area contributed by atoms with Crippen LogP contribution in [0.2, 0.25) is 0 Å². The van der Waals surface area contributed by atoms with Crippen LogP contribution in [0.25, 0.3) is 11.1 Å². The standard InChI is InChI=1S/C20H21N.C12H13N.C6H14.C2H6/c1-14(2)8-15-9-18-11-17(16-6-4-3-5-7-16)12-19(13-21)20(18)10-15;13-7-3-4-10-8-11-5-1-2-6-12(11)9-10;1-5(2)6(3)4;1-2/h3-8,11-12H,1,9-10,13,21H2,2H3;1-7H,8-9,13H2;5-6H,1-4H3;1-2H3/b15-8-;7-3-;;. The largest absolute Gasteiger partial charge is 0.405 e. The van der Waals surface area contributed by atoms with E-state index in [2.05, 4.69) is 120 Å². The van der Waals surface area contributed by atoms with E-state index in [1.807, 2.05) is 19.9 Å². The van der Waals surface area contributed by atoms with Crippen molar-refractivity contribution in [3.8, 4) is 11.1 Å². The lowest BCUT2D eigenvalue weighted by molar-refractivity contribution is 0.457. The zero-order valence-corrected chi connectivity index (χ0v) is 27.2.